The number of carbonyl (C=O) groups is 3. The quantitative estimate of drug-likeness (QED) is 0.431. The van der Waals surface area contributed by atoms with E-state index in [1.807, 2.05) is 0 Å². The minimum Gasteiger partial charge on any atom is -0.466 e. The fraction of sp³-hybridized carbons (Fsp3) is 0.150. The van der Waals surface area contributed by atoms with Crippen LogP contribution in [0.2, 0.25) is 0 Å². The summed E-state index contributed by atoms with van der Waals surface area (Å²) in [5.41, 5.74) is -0.527. The average molecular weight is 447 g/mol. The van der Waals surface area contributed by atoms with Crippen molar-refractivity contribution in [3.05, 3.63) is 81.0 Å². The number of carbonyl (C=O) groups excluding carboxylic acids is 3. The van der Waals surface area contributed by atoms with Gasteiger partial charge in [0.1, 0.15) is 11.8 Å². The molecule has 1 heterocycles. The van der Waals surface area contributed by atoms with E-state index in [-0.39, 0.29) is 28.3 Å². The van der Waals surface area contributed by atoms with Gasteiger partial charge in [-0.15, -0.1) is 0 Å². The number of benzene rings is 2. The van der Waals surface area contributed by atoms with Crippen molar-refractivity contribution in [2.75, 3.05) is 7.11 Å². The Labute approximate surface area is 179 Å². The van der Waals surface area contributed by atoms with Crippen molar-refractivity contribution >= 4 is 23.8 Å². The minimum atomic E-state index is -1.50. The summed E-state index contributed by atoms with van der Waals surface area (Å²) in [5, 5.41) is 13.1. The van der Waals surface area contributed by atoms with Crippen molar-refractivity contribution in [1.29, 1.82) is 0 Å². The number of nitro groups is 1. The summed E-state index contributed by atoms with van der Waals surface area (Å²) in [6.07, 6.45) is -1.28. The number of urea groups is 1. The third-order valence-corrected chi connectivity index (χ3v) is 4.56. The molecule has 0 unspecified atom stereocenters. The molecular formula is C20H15F2N3O7. The lowest BCUT2D eigenvalue weighted by Gasteiger charge is -2.35. The third-order valence-electron chi connectivity index (χ3n) is 4.56. The highest BCUT2D eigenvalue weighted by atomic mass is 19.2. The molecule has 0 fully saturated rings. The van der Waals surface area contributed by atoms with E-state index in [4.69, 9.17) is 9.47 Å². The molecule has 10 nitrogen and oxygen atoms in total. The zero-order chi connectivity index (χ0) is 23.6. The molecule has 2 aromatic rings. The largest absolute Gasteiger partial charge is 0.466 e. The Bertz CT molecular complexity index is 1150. The number of nitrogens with zero attached hydrogens (tertiary/aromatic N) is 2. The number of nitro benzene ring substituents is 1. The summed E-state index contributed by atoms with van der Waals surface area (Å²) in [5.74, 6) is -3.50. The first-order valence-corrected chi connectivity index (χ1v) is 8.94. The molecule has 12 heteroatoms. The number of esters is 1. The van der Waals surface area contributed by atoms with Gasteiger partial charge >= 0.3 is 18.1 Å². The molecule has 3 amide bonds. The Morgan fingerprint density at radius 2 is 1.78 bits per heavy atom. The molecule has 2 aromatic carbocycles. The van der Waals surface area contributed by atoms with E-state index in [0.29, 0.717) is 4.90 Å². The molecule has 32 heavy (non-hydrogen) atoms. The van der Waals surface area contributed by atoms with Gasteiger partial charge < -0.3 is 14.8 Å². The Morgan fingerprint density at radius 3 is 2.34 bits per heavy atom. The molecule has 0 radical (unpaired) electrons. The second-order valence-corrected chi connectivity index (χ2v) is 6.53. The fourth-order valence-electron chi connectivity index (χ4n) is 3.09. The van der Waals surface area contributed by atoms with Crippen LogP contribution in [0.1, 0.15) is 18.5 Å². The van der Waals surface area contributed by atoms with Crippen molar-refractivity contribution < 1.29 is 37.6 Å². The topological polar surface area (TPSA) is 128 Å². The van der Waals surface area contributed by atoms with Gasteiger partial charge in [0.2, 0.25) is 0 Å². The zero-order valence-corrected chi connectivity index (χ0v) is 16.6. The molecule has 3 rings (SSSR count). The smallest absolute Gasteiger partial charge is 0.424 e. The van der Waals surface area contributed by atoms with Crippen LogP contribution in [-0.4, -0.2) is 35.0 Å². The van der Waals surface area contributed by atoms with Crippen LogP contribution in [0.25, 0.3) is 0 Å². The predicted molar refractivity (Wildman–Crippen MR) is 103 cm³/mol. The van der Waals surface area contributed by atoms with Gasteiger partial charge in [-0.1, -0.05) is 6.07 Å². The van der Waals surface area contributed by atoms with E-state index in [2.05, 4.69) is 5.32 Å². The molecule has 0 saturated heterocycles. The van der Waals surface area contributed by atoms with Crippen molar-refractivity contribution in [3.8, 4) is 5.75 Å². The molecule has 0 spiro atoms. The van der Waals surface area contributed by atoms with Crippen LogP contribution in [0.4, 0.5) is 24.1 Å². The SMILES string of the molecule is COC(=O)C1=C(C)NC(=O)N(C(=O)Oc2ccc([N+](=O)[O-])cc2)[C@H]1c1ccc(F)c(F)c1. The Balaban J connectivity index is 2.05. The first-order valence-electron chi connectivity index (χ1n) is 8.94. The maximum Gasteiger partial charge on any atom is 0.424 e. The van der Waals surface area contributed by atoms with Crippen LogP contribution in [0.3, 0.4) is 0 Å². The number of amides is 3. The van der Waals surface area contributed by atoms with Crippen LogP contribution in [0.5, 0.6) is 5.75 Å². The van der Waals surface area contributed by atoms with Crippen LogP contribution < -0.4 is 10.1 Å². The molecular weight excluding hydrogens is 432 g/mol. The lowest BCUT2D eigenvalue weighted by atomic mass is 9.94. The highest BCUT2D eigenvalue weighted by molar-refractivity contribution is 6.00. The van der Waals surface area contributed by atoms with Crippen LogP contribution in [0.15, 0.2) is 53.7 Å². The molecule has 0 saturated carbocycles. The molecule has 0 bridgehead atoms. The third kappa shape index (κ3) is 4.24. The van der Waals surface area contributed by atoms with Crippen molar-refractivity contribution in [2.45, 2.75) is 13.0 Å². The summed E-state index contributed by atoms with van der Waals surface area (Å²) in [6, 6.07) is 4.53. The number of ether oxygens (including phenoxy) is 2. The van der Waals surface area contributed by atoms with Crippen molar-refractivity contribution in [3.63, 3.8) is 0 Å². The number of halogens is 2. The number of hydrogen-bond acceptors (Lipinski definition) is 7. The predicted octanol–water partition coefficient (Wildman–Crippen LogP) is 3.59. The van der Waals surface area contributed by atoms with E-state index in [1.165, 1.54) is 6.92 Å². The lowest BCUT2D eigenvalue weighted by Crippen LogP contribution is -2.52. The molecule has 0 aliphatic carbocycles. The van der Waals surface area contributed by atoms with Gasteiger partial charge in [0.05, 0.1) is 17.6 Å². The number of nitrogens with one attached hydrogen (secondary N) is 1. The molecule has 0 aromatic heterocycles. The van der Waals surface area contributed by atoms with Crippen LogP contribution >= 0.6 is 0 Å². The van der Waals surface area contributed by atoms with Crippen molar-refractivity contribution in [2.24, 2.45) is 0 Å². The summed E-state index contributed by atoms with van der Waals surface area (Å²) in [7, 11) is 1.07. The number of allylic oxidation sites excluding steroid dienone is 1. The molecule has 1 N–H and O–H groups in total. The molecule has 166 valence electrons. The van der Waals surface area contributed by atoms with Gasteiger partial charge in [-0.3, -0.25) is 10.1 Å². The van der Waals surface area contributed by atoms with E-state index >= 15 is 0 Å². The standard InChI is InChI=1S/C20H15F2N3O7/c1-10-16(18(26)31-2)17(11-3-8-14(21)15(22)9-11)24(19(27)23-10)20(28)32-13-6-4-12(5-7-13)25(29)30/h3-9,17H,1-2H3,(H,23,27)/t17-/m0/s1. The summed E-state index contributed by atoms with van der Waals surface area (Å²) in [6.45, 7) is 1.37. The van der Waals surface area contributed by atoms with Crippen LogP contribution in [0, 0.1) is 21.7 Å². The molecule has 1 aliphatic rings. The summed E-state index contributed by atoms with van der Waals surface area (Å²) in [4.78, 5) is 48.5. The van der Waals surface area contributed by atoms with E-state index in [9.17, 15) is 33.3 Å². The highest BCUT2D eigenvalue weighted by Gasteiger charge is 2.43. The fourth-order valence-corrected chi connectivity index (χ4v) is 3.09. The Hall–Kier alpha value is -4.35. The second-order valence-electron chi connectivity index (χ2n) is 6.53. The monoisotopic (exact) mass is 447 g/mol. The first-order chi connectivity index (χ1) is 15.1. The molecule has 1 aliphatic heterocycles. The number of non-ortho nitro benzene ring substituents is 1. The van der Waals surface area contributed by atoms with E-state index < -0.39 is 40.7 Å². The zero-order valence-electron chi connectivity index (χ0n) is 16.6. The Morgan fingerprint density at radius 1 is 1.12 bits per heavy atom. The second kappa shape index (κ2) is 8.79. The molecule has 1 atom stereocenters. The van der Waals surface area contributed by atoms with E-state index in [1.54, 1.807) is 0 Å². The maximum absolute atomic E-state index is 13.9. The average Bonchev–Trinajstić information content (AvgIpc) is 2.75. The lowest BCUT2D eigenvalue weighted by molar-refractivity contribution is -0.384. The van der Waals surface area contributed by atoms with Crippen LogP contribution in [-0.2, 0) is 9.53 Å². The number of imide groups is 1. The van der Waals surface area contributed by atoms with Gasteiger partial charge in [-0.05, 0) is 36.8 Å². The normalized spacial score (nSPS) is 15.8. The summed E-state index contributed by atoms with van der Waals surface area (Å²) < 4.78 is 37.2. The minimum absolute atomic E-state index is 0.0379. The van der Waals surface area contributed by atoms with Gasteiger partial charge in [-0.2, -0.15) is 0 Å². The van der Waals surface area contributed by atoms with Gasteiger partial charge in [0, 0.05) is 17.8 Å². The number of rotatable bonds is 4. The highest BCUT2D eigenvalue weighted by Crippen LogP contribution is 2.35. The maximum atomic E-state index is 13.9. The van der Waals surface area contributed by atoms with Gasteiger partial charge in [-0.25, -0.2) is 28.1 Å². The number of methoxy groups -OCH3 is 1. The Kier molecular flexibility index (Phi) is 6.14. The van der Waals surface area contributed by atoms with Gasteiger partial charge in [0.15, 0.2) is 11.6 Å². The van der Waals surface area contributed by atoms with E-state index in [0.717, 1.165) is 49.6 Å². The summed E-state index contributed by atoms with van der Waals surface area (Å²) >= 11 is 0. The first kappa shape index (κ1) is 22.3. The number of hydrogen-bond donors (Lipinski definition) is 1. The van der Waals surface area contributed by atoms with Crippen molar-refractivity contribution in [1.82, 2.24) is 10.2 Å². The van der Waals surface area contributed by atoms with Gasteiger partial charge in [0.25, 0.3) is 5.69 Å².